The van der Waals surface area contributed by atoms with Gasteiger partial charge in [-0.05, 0) is 5.56 Å². The van der Waals surface area contributed by atoms with E-state index in [9.17, 15) is 4.79 Å². The molecule has 1 amide bonds. The van der Waals surface area contributed by atoms with Crippen LogP contribution in [0.25, 0.3) is 0 Å². The molecule has 22 heavy (non-hydrogen) atoms. The Balaban J connectivity index is 1.62. The number of hydrogen-bond acceptors (Lipinski definition) is 5. The summed E-state index contributed by atoms with van der Waals surface area (Å²) in [6.07, 6.45) is -0.250. The molecule has 0 unspecified atom stereocenters. The lowest BCUT2D eigenvalue weighted by molar-refractivity contribution is 0.0481. The standard InChI is InChI=1S/C16H24N2O4/c19-11-13-21-12-10-17-6-8-18(9-7-17)16(20)22-14-15-4-2-1-3-5-15/h1-5,19H,6-14H2. The van der Waals surface area contributed by atoms with E-state index >= 15 is 0 Å². The molecule has 1 aliphatic rings. The Hall–Kier alpha value is -1.63. The van der Waals surface area contributed by atoms with E-state index in [0.717, 1.165) is 25.2 Å². The van der Waals surface area contributed by atoms with Crippen LogP contribution in [0.5, 0.6) is 0 Å². The molecular formula is C16H24N2O4. The van der Waals surface area contributed by atoms with Crippen LogP contribution in [0.2, 0.25) is 0 Å². The van der Waals surface area contributed by atoms with E-state index in [1.165, 1.54) is 0 Å². The Morgan fingerprint density at radius 2 is 1.82 bits per heavy atom. The zero-order valence-electron chi connectivity index (χ0n) is 12.8. The predicted molar refractivity (Wildman–Crippen MR) is 82.5 cm³/mol. The third-order valence-corrected chi connectivity index (χ3v) is 3.62. The van der Waals surface area contributed by atoms with Crippen LogP contribution in [0.15, 0.2) is 30.3 Å². The molecule has 0 aromatic heterocycles. The van der Waals surface area contributed by atoms with Gasteiger partial charge in [-0.2, -0.15) is 0 Å². The zero-order valence-corrected chi connectivity index (χ0v) is 12.8. The van der Waals surface area contributed by atoms with Crippen LogP contribution >= 0.6 is 0 Å². The van der Waals surface area contributed by atoms with Crippen LogP contribution in [0.3, 0.4) is 0 Å². The van der Waals surface area contributed by atoms with Crippen molar-refractivity contribution in [1.82, 2.24) is 9.80 Å². The third kappa shape index (κ3) is 5.63. The van der Waals surface area contributed by atoms with Crippen molar-refractivity contribution < 1.29 is 19.4 Å². The van der Waals surface area contributed by atoms with Gasteiger partial charge < -0.3 is 19.5 Å². The topological polar surface area (TPSA) is 62.2 Å². The van der Waals surface area contributed by atoms with Crippen LogP contribution in [0.4, 0.5) is 4.79 Å². The van der Waals surface area contributed by atoms with E-state index in [2.05, 4.69) is 4.90 Å². The van der Waals surface area contributed by atoms with Crippen LogP contribution in [-0.4, -0.2) is 73.5 Å². The second kappa shape index (κ2) is 9.40. The Bertz CT molecular complexity index is 433. The normalized spacial score (nSPS) is 15.8. The van der Waals surface area contributed by atoms with Crippen molar-refractivity contribution in [2.24, 2.45) is 0 Å². The van der Waals surface area contributed by atoms with Crippen molar-refractivity contribution in [3.05, 3.63) is 35.9 Å². The van der Waals surface area contributed by atoms with Crippen molar-refractivity contribution in [3.63, 3.8) is 0 Å². The molecular weight excluding hydrogens is 284 g/mol. The highest BCUT2D eigenvalue weighted by molar-refractivity contribution is 5.67. The molecule has 1 N–H and O–H groups in total. The number of nitrogens with zero attached hydrogens (tertiary/aromatic N) is 2. The molecule has 0 atom stereocenters. The number of rotatable bonds is 7. The van der Waals surface area contributed by atoms with Gasteiger partial charge in [-0.25, -0.2) is 4.79 Å². The molecule has 0 radical (unpaired) electrons. The molecule has 0 spiro atoms. The number of carbonyl (C=O) groups excluding carboxylic acids is 1. The number of carbonyl (C=O) groups is 1. The van der Waals surface area contributed by atoms with Crippen molar-refractivity contribution >= 4 is 6.09 Å². The summed E-state index contributed by atoms with van der Waals surface area (Å²) in [4.78, 5) is 16.0. The van der Waals surface area contributed by atoms with Crippen LogP contribution in [0, 0.1) is 0 Å². The summed E-state index contributed by atoms with van der Waals surface area (Å²) in [5, 5.41) is 8.64. The minimum atomic E-state index is -0.250. The highest BCUT2D eigenvalue weighted by Gasteiger charge is 2.21. The predicted octanol–water partition coefficient (Wildman–Crippen LogP) is 0.950. The highest BCUT2D eigenvalue weighted by Crippen LogP contribution is 2.06. The molecule has 0 bridgehead atoms. The van der Waals surface area contributed by atoms with Gasteiger partial charge in [0.2, 0.25) is 0 Å². The van der Waals surface area contributed by atoms with E-state index in [1.54, 1.807) is 4.90 Å². The lowest BCUT2D eigenvalue weighted by atomic mass is 10.2. The molecule has 2 rings (SSSR count). The molecule has 1 saturated heterocycles. The first-order chi connectivity index (χ1) is 10.8. The van der Waals surface area contributed by atoms with Gasteiger partial charge in [0.1, 0.15) is 6.61 Å². The Labute approximate surface area is 131 Å². The number of hydrogen-bond donors (Lipinski definition) is 1. The number of piperazine rings is 1. The average molecular weight is 308 g/mol. The maximum atomic E-state index is 12.0. The van der Waals surface area contributed by atoms with Crippen molar-refractivity contribution in [3.8, 4) is 0 Å². The SMILES string of the molecule is O=C(OCc1ccccc1)N1CCN(CCOCCO)CC1. The highest BCUT2D eigenvalue weighted by atomic mass is 16.6. The Morgan fingerprint density at radius 1 is 1.09 bits per heavy atom. The second-order valence-corrected chi connectivity index (χ2v) is 5.20. The molecule has 0 saturated carbocycles. The summed E-state index contributed by atoms with van der Waals surface area (Å²) >= 11 is 0. The first-order valence-corrected chi connectivity index (χ1v) is 7.66. The number of benzene rings is 1. The summed E-state index contributed by atoms with van der Waals surface area (Å²) in [6.45, 7) is 5.18. The second-order valence-electron chi connectivity index (χ2n) is 5.20. The van der Waals surface area contributed by atoms with Crippen molar-refractivity contribution in [2.75, 3.05) is 52.5 Å². The van der Waals surface area contributed by atoms with E-state index in [0.29, 0.717) is 32.9 Å². The molecule has 1 aromatic rings. The smallest absolute Gasteiger partial charge is 0.410 e. The summed E-state index contributed by atoms with van der Waals surface area (Å²) < 4.78 is 10.6. The number of ether oxygens (including phenoxy) is 2. The van der Waals surface area contributed by atoms with Gasteiger partial charge in [0, 0.05) is 32.7 Å². The number of amides is 1. The molecule has 6 heteroatoms. The molecule has 122 valence electrons. The van der Waals surface area contributed by atoms with Gasteiger partial charge in [0.15, 0.2) is 0 Å². The largest absolute Gasteiger partial charge is 0.445 e. The quantitative estimate of drug-likeness (QED) is 0.760. The van der Waals surface area contributed by atoms with Crippen molar-refractivity contribution in [2.45, 2.75) is 6.61 Å². The molecule has 1 heterocycles. The van der Waals surface area contributed by atoms with E-state index in [4.69, 9.17) is 14.6 Å². The molecule has 1 aliphatic heterocycles. The number of aliphatic hydroxyl groups excluding tert-OH is 1. The van der Waals surface area contributed by atoms with Gasteiger partial charge in [-0.1, -0.05) is 30.3 Å². The van der Waals surface area contributed by atoms with Gasteiger partial charge in [0.05, 0.1) is 19.8 Å². The lowest BCUT2D eigenvalue weighted by Gasteiger charge is -2.33. The zero-order chi connectivity index (χ0) is 15.6. The maximum absolute atomic E-state index is 12.0. The fourth-order valence-corrected chi connectivity index (χ4v) is 2.32. The summed E-state index contributed by atoms with van der Waals surface area (Å²) in [6, 6.07) is 9.69. The fourth-order valence-electron chi connectivity index (χ4n) is 2.32. The average Bonchev–Trinajstić information content (AvgIpc) is 2.58. The first-order valence-electron chi connectivity index (χ1n) is 7.66. The lowest BCUT2D eigenvalue weighted by Crippen LogP contribution is -2.49. The van der Waals surface area contributed by atoms with E-state index in [-0.39, 0.29) is 12.7 Å². The first kappa shape index (κ1) is 16.7. The van der Waals surface area contributed by atoms with Gasteiger partial charge in [-0.3, -0.25) is 4.90 Å². The molecule has 1 aromatic carbocycles. The minimum absolute atomic E-state index is 0.0566. The van der Waals surface area contributed by atoms with E-state index < -0.39 is 0 Å². The Morgan fingerprint density at radius 3 is 2.50 bits per heavy atom. The van der Waals surface area contributed by atoms with Crippen LogP contribution in [0.1, 0.15) is 5.56 Å². The molecule has 6 nitrogen and oxygen atoms in total. The number of aliphatic hydroxyl groups is 1. The van der Waals surface area contributed by atoms with E-state index in [1.807, 2.05) is 30.3 Å². The third-order valence-electron chi connectivity index (χ3n) is 3.62. The van der Waals surface area contributed by atoms with Gasteiger partial charge >= 0.3 is 6.09 Å². The van der Waals surface area contributed by atoms with Crippen LogP contribution in [-0.2, 0) is 16.1 Å². The van der Waals surface area contributed by atoms with Crippen LogP contribution < -0.4 is 0 Å². The fraction of sp³-hybridized carbons (Fsp3) is 0.562. The molecule has 1 fully saturated rings. The summed E-state index contributed by atoms with van der Waals surface area (Å²) in [7, 11) is 0. The molecule has 0 aliphatic carbocycles. The monoisotopic (exact) mass is 308 g/mol. The van der Waals surface area contributed by atoms with Gasteiger partial charge in [0.25, 0.3) is 0 Å². The Kier molecular flexibility index (Phi) is 7.15. The minimum Gasteiger partial charge on any atom is -0.445 e. The summed E-state index contributed by atoms with van der Waals surface area (Å²) in [5.41, 5.74) is 0.996. The van der Waals surface area contributed by atoms with Gasteiger partial charge in [-0.15, -0.1) is 0 Å². The summed E-state index contributed by atoms with van der Waals surface area (Å²) in [5.74, 6) is 0. The van der Waals surface area contributed by atoms with Crippen molar-refractivity contribution in [1.29, 1.82) is 0 Å². The maximum Gasteiger partial charge on any atom is 0.410 e.